The quantitative estimate of drug-likeness (QED) is 0.824. The van der Waals surface area contributed by atoms with Crippen molar-refractivity contribution in [1.82, 2.24) is 4.98 Å². The van der Waals surface area contributed by atoms with E-state index < -0.39 is 18.0 Å². The third-order valence-corrected chi connectivity index (χ3v) is 2.89. The number of oxime groups is 1. The summed E-state index contributed by atoms with van der Waals surface area (Å²) in [5.74, 6) is -1.62. The molecule has 17 heavy (non-hydrogen) atoms. The van der Waals surface area contributed by atoms with Gasteiger partial charge in [0.25, 0.3) is 5.91 Å². The number of nitrogens with zero attached hydrogens (tertiary/aromatic N) is 2. The van der Waals surface area contributed by atoms with Crippen molar-refractivity contribution in [2.24, 2.45) is 5.16 Å². The molecule has 2 rings (SSSR count). The summed E-state index contributed by atoms with van der Waals surface area (Å²) in [6.45, 7) is 1.87. The number of aliphatic carboxylic acids is 1. The minimum Gasteiger partial charge on any atom is -0.477 e. The van der Waals surface area contributed by atoms with Crippen molar-refractivity contribution >= 4 is 34.1 Å². The molecule has 0 aromatic carbocycles. The first kappa shape index (κ1) is 11.5. The van der Waals surface area contributed by atoms with E-state index in [4.69, 9.17) is 9.94 Å². The first-order valence-corrected chi connectivity index (χ1v) is 5.57. The van der Waals surface area contributed by atoms with E-state index >= 15 is 0 Å². The van der Waals surface area contributed by atoms with Crippen LogP contribution in [-0.4, -0.2) is 33.8 Å². The number of carboxylic acids is 1. The lowest BCUT2D eigenvalue weighted by Gasteiger charge is -2.06. The number of nitrogens with one attached hydrogen (secondary N) is 1. The number of carbonyl (C=O) groups is 2. The maximum atomic E-state index is 11.7. The fraction of sp³-hybridized carbons (Fsp3) is 0.333. The van der Waals surface area contributed by atoms with Gasteiger partial charge in [-0.05, 0) is 6.92 Å². The number of anilines is 1. The summed E-state index contributed by atoms with van der Waals surface area (Å²) in [6.07, 6.45) is 0.700. The van der Waals surface area contributed by atoms with Crippen molar-refractivity contribution in [2.45, 2.75) is 19.4 Å². The molecule has 0 aliphatic carbocycles. The third-order valence-electron chi connectivity index (χ3n) is 2.06. The fourth-order valence-electron chi connectivity index (χ4n) is 1.24. The fourth-order valence-corrected chi connectivity index (χ4v) is 1.91. The van der Waals surface area contributed by atoms with Crippen molar-refractivity contribution in [3.05, 3.63) is 11.1 Å². The highest BCUT2D eigenvalue weighted by molar-refractivity contribution is 7.15. The number of hydrogen-bond donors (Lipinski definition) is 2. The third kappa shape index (κ3) is 2.59. The lowest BCUT2D eigenvalue weighted by Crippen LogP contribution is -2.28. The Labute approximate surface area is 100 Å². The molecule has 1 atom stereocenters. The first-order chi connectivity index (χ1) is 8.06. The van der Waals surface area contributed by atoms with Crippen LogP contribution in [0.25, 0.3) is 0 Å². The van der Waals surface area contributed by atoms with Crippen LogP contribution in [0.15, 0.2) is 11.4 Å². The standard InChI is InChI=1S/C9H9N3O4S/c1-4-3-10-9(17-4)11-7(13)6-2-5(8(14)15)12-16-6/h3,6H,2H2,1H3,(H,14,15)(H,10,11,13). The molecule has 0 radical (unpaired) electrons. The smallest absolute Gasteiger partial charge is 0.353 e. The normalized spacial score (nSPS) is 18.4. The second-order valence-electron chi connectivity index (χ2n) is 3.41. The van der Waals surface area contributed by atoms with E-state index in [1.807, 2.05) is 6.92 Å². The van der Waals surface area contributed by atoms with Crippen LogP contribution in [0.5, 0.6) is 0 Å². The largest absolute Gasteiger partial charge is 0.477 e. The van der Waals surface area contributed by atoms with E-state index in [2.05, 4.69) is 15.5 Å². The Morgan fingerprint density at radius 3 is 2.94 bits per heavy atom. The van der Waals surface area contributed by atoms with Crippen LogP contribution in [0.3, 0.4) is 0 Å². The predicted octanol–water partition coefficient (Wildman–Crippen LogP) is 0.620. The molecule has 1 aromatic heterocycles. The highest BCUT2D eigenvalue weighted by Gasteiger charge is 2.31. The molecule has 0 bridgehead atoms. The van der Waals surface area contributed by atoms with Crippen LogP contribution in [0.4, 0.5) is 5.13 Å². The van der Waals surface area contributed by atoms with Gasteiger partial charge in [-0.25, -0.2) is 9.78 Å². The van der Waals surface area contributed by atoms with Crippen LogP contribution >= 0.6 is 11.3 Å². The Morgan fingerprint density at radius 2 is 2.41 bits per heavy atom. The molecule has 7 nitrogen and oxygen atoms in total. The Balaban J connectivity index is 1.93. The van der Waals surface area contributed by atoms with Gasteiger partial charge in [0.05, 0.1) is 0 Å². The molecule has 1 aliphatic rings. The van der Waals surface area contributed by atoms with Gasteiger partial charge in [-0.15, -0.1) is 11.3 Å². The number of aromatic nitrogens is 1. The molecule has 8 heteroatoms. The van der Waals surface area contributed by atoms with E-state index in [1.54, 1.807) is 6.20 Å². The van der Waals surface area contributed by atoms with E-state index in [9.17, 15) is 9.59 Å². The van der Waals surface area contributed by atoms with Crippen LogP contribution < -0.4 is 5.32 Å². The molecular formula is C9H9N3O4S. The average molecular weight is 255 g/mol. The maximum Gasteiger partial charge on any atom is 0.353 e. The van der Waals surface area contributed by atoms with E-state index in [-0.39, 0.29) is 12.1 Å². The average Bonchev–Trinajstić information content (AvgIpc) is 2.86. The monoisotopic (exact) mass is 255 g/mol. The Morgan fingerprint density at radius 1 is 1.65 bits per heavy atom. The number of carboxylic acid groups (broad SMARTS) is 1. The lowest BCUT2D eigenvalue weighted by molar-refractivity contribution is -0.129. The van der Waals surface area contributed by atoms with Gasteiger partial charge in [0.1, 0.15) is 0 Å². The summed E-state index contributed by atoms with van der Waals surface area (Å²) in [7, 11) is 0. The summed E-state index contributed by atoms with van der Waals surface area (Å²) >= 11 is 1.33. The van der Waals surface area contributed by atoms with Crippen LogP contribution in [-0.2, 0) is 14.4 Å². The molecule has 0 saturated heterocycles. The molecular weight excluding hydrogens is 246 g/mol. The Kier molecular flexibility index (Phi) is 3.05. The van der Waals surface area contributed by atoms with Crippen molar-refractivity contribution in [3.63, 3.8) is 0 Å². The number of aryl methyl sites for hydroxylation is 1. The zero-order chi connectivity index (χ0) is 12.4. The number of carbonyl (C=O) groups excluding carboxylic acids is 1. The predicted molar refractivity (Wildman–Crippen MR) is 60.0 cm³/mol. The van der Waals surface area contributed by atoms with Crippen LogP contribution in [0, 0.1) is 6.92 Å². The summed E-state index contributed by atoms with van der Waals surface area (Å²) in [4.78, 5) is 31.9. The molecule has 0 spiro atoms. The zero-order valence-corrected chi connectivity index (χ0v) is 9.65. The van der Waals surface area contributed by atoms with Gasteiger partial charge in [-0.1, -0.05) is 5.16 Å². The van der Waals surface area contributed by atoms with E-state index in [0.29, 0.717) is 5.13 Å². The zero-order valence-electron chi connectivity index (χ0n) is 8.84. The second kappa shape index (κ2) is 4.50. The van der Waals surface area contributed by atoms with Gasteiger partial charge in [-0.2, -0.15) is 0 Å². The molecule has 2 heterocycles. The Hall–Kier alpha value is -1.96. The summed E-state index contributed by atoms with van der Waals surface area (Å²) in [5.41, 5.74) is -0.152. The van der Waals surface area contributed by atoms with Gasteiger partial charge >= 0.3 is 5.97 Å². The number of amides is 1. The lowest BCUT2D eigenvalue weighted by atomic mass is 10.2. The molecule has 1 aliphatic heterocycles. The van der Waals surface area contributed by atoms with E-state index in [1.165, 1.54) is 11.3 Å². The minimum atomic E-state index is -1.18. The Bertz CT molecular complexity index is 496. The van der Waals surface area contributed by atoms with E-state index in [0.717, 1.165) is 4.88 Å². The van der Waals surface area contributed by atoms with Gasteiger partial charge < -0.3 is 9.94 Å². The van der Waals surface area contributed by atoms with Gasteiger partial charge in [0.15, 0.2) is 10.8 Å². The summed E-state index contributed by atoms with van der Waals surface area (Å²) in [6, 6.07) is 0. The maximum absolute atomic E-state index is 11.7. The van der Waals surface area contributed by atoms with Gasteiger partial charge in [0, 0.05) is 17.5 Å². The molecule has 90 valence electrons. The first-order valence-electron chi connectivity index (χ1n) is 4.75. The van der Waals surface area contributed by atoms with Crippen molar-refractivity contribution in [3.8, 4) is 0 Å². The second-order valence-corrected chi connectivity index (χ2v) is 4.64. The highest BCUT2D eigenvalue weighted by atomic mass is 32.1. The number of hydrogen-bond acceptors (Lipinski definition) is 6. The summed E-state index contributed by atoms with van der Waals surface area (Å²) in [5, 5.41) is 15.0. The summed E-state index contributed by atoms with van der Waals surface area (Å²) < 4.78 is 0. The van der Waals surface area contributed by atoms with Crippen LogP contribution in [0.1, 0.15) is 11.3 Å². The molecule has 1 unspecified atom stereocenters. The van der Waals surface area contributed by atoms with Crippen LogP contribution in [0.2, 0.25) is 0 Å². The molecule has 0 fully saturated rings. The number of rotatable bonds is 3. The molecule has 1 aromatic rings. The SMILES string of the molecule is Cc1cnc(NC(=O)C2CC(C(=O)O)=NO2)s1. The van der Waals surface area contributed by atoms with Gasteiger partial charge in [-0.3, -0.25) is 10.1 Å². The highest BCUT2D eigenvalue weighted by Crippen LogP contribution is 2.18. The molecule has 1 amide bonds. The number of thiazole rings is 1. The van der Waals surface area contributed by atoms with Crippen molar-refractivity contribution in [2.75, 3.05) is 5.32 Å². The molecule has 0 saturated carbocycles. The van der Waals surface area contributed by atoms with Crippen molar-refractivity contribution in [1.29, 1.82) is 0 Å². The molecule has 2 N–H and O–H groups in total. The topological polar surface area (TPSA) is 101 Å². The van der Waals surface area contributed by atoms with Gasteiger partial charge in [0.2, 0.25) is 6.10 Å². The minimum absolute atomic E-state index is 0.0362. The van der Waals surface area contributed by atoms with Crippen molar-refractivity contribution < 1.29 is 19.5 Å².